The first-order chi connectivity index (χ1) is 9.36. The molecule has 2 aromatic rings. The monoisotopic (exact) mass is 309 g/mol. The number of rotatable bonds is 2. The van der Waals surface area contributed by atoms with Gasteiger partial charge in [0.2, 0.25) is 0 Å². The molecular formula is C14H16ClN3OS. The van der Waals surface area contributed by atoms with E-state index in [4.69, 9.17) is 28.3 Å². The summed E-state index contributed by atoms with van der Waals surface area (Å²) in [5.74, 6) is 1.36. The molecule has 2 N–H and O–H groups in total. The number of aromatic nitrogens is 1. The maximum Gasteiger partial charge on any atom is 0.176 e. The number of thiocarbonyl (C=S) groups is 1. The van der Waals surface area contributed by atoms with Crippen LogP contribution < -0.4 is 10.6 Å². The molecule has 0 atom stereocenters. The van der Waals surface area contributed by atoms with Crippen LogP contribution in [-0.4, -0.2) is 10.3 Å². The highest BCUT2D eigenvalue weighted by Crippen LogP contribution is 2.25. The summed E-state index contributed by atoms with van der Waals surface area (Å²) in [6.07, 6.45) is 0. The second-order valence-corrected chi connectivity index (χ2v) is 6.20. The summed E-state index contributed by atoms with van der Waals surface area (Å²) in [4.78, 5) is 0. The fraction of sp³-hybridized carbons (Fsp3) is 0.286. The molecule has 1 heterocycles. The van der Waals surface area contributed by atoms with Gasteiger partial charge >= 0.3 is 0 Å². The first-order valence-corrected chi connectivity index (χ1v) is 6.94. The molecule has 2 rings (SSSR count). The molecule has 0 amide bonds. The molecule has 0 aliphatic heterocycles. The minimum atomic E-state index is -0.0925. The zero-order valence-electron chi connectivity index (χ0n) is 11.5. The van der Waals surface area contributed by atoms with E-state index >= 15 is 0 Å². The minimum absolute atomic E-state index is 0.0925. The summed E-state index contributed by atoms with van der Waals surface area (Å²) in [6, 6.07) is 9.21. The van der Waals surface area contributed by atoms with E-state index in [9.17, 15) is 0 Å². The quantitative estimate of drug-likeness (QED) is 0.803. The molecule has 4 nitrogen and oxygen atoms in total. The molecule has 6 heteroatoms. The third-order valence-corrected chi connectivity index (χ3v) is 3.15. The molecule has 0 fully saturated rings. The first-order valence-electron chi connectivity index (χ1n) is 6.16. The molecular weight excluding hydrogens is 294 g/mol. The van der Waals surface area contributed by atoms with Crippen LogP contribution in [-0.2, 0) is 5.41 Å². The predicted octanol–water partition coefficient (Wildman–Crippen LogP) is 4.43. The Morgan fingerprint density at radius 2 is 1.95 bits per heavy atom. The van der Waals surface area contributed by atoms with Crippen molar-refractivity contribution in [2.24, 2.45) is 0 Å². The van der Waals surface area contributed by atoms with Crippen LogP contribution in [0.15, 0.2) is 34.9 Å². The van der Waals surface area contributed by atoms with E-state index in [0.717, 1.165) is 11.4 Å². The number of anilines is 2. The zero-order valence-corrected chi connectivity index (χ0v) is 13.1. The third-order valence-electron chi connectivity index (χ3n) is 2.61. The van der Waals surface area contributed by atoms with Gasteiger partial charge in [-0.25, -0.2) is 0 Å². The molecule has 1 aromatic carbocycles. The topological polar surface area (TPSA) is 50.1 Å². The van der Waals surface area contributed by atoms with E-state index in [0.29, 0.717) is 16.0 Å². The van der Waals surface area contributed by atoms with Gasteiger partial charge in [-0.05, 0) is 24.4 Å². The third kappa shape index (κ3) is 3.71. The van der Waals surface area contributed by atoms with Crippen molar-refractivity contribution in [3.05, 3.63) is 41.1 Å². The number of para-hydroxylation sites is 1. The lowest BCUT2D eigenvalue weighted by Crippen LogP contribution is -2.19. The summed E-state index contributed by atoms with van der Waals surface area (Å²) in [5, 5.41) is 10.9. The number of hydrogen-bond acceptors (Lipinski definition) is 3. The maximum absolute atomic E-state index is 6.05. The van der Waals surface area contributed by atoms with Crippen LogP contribution >= 0.6 is 23.8 Å². The van der Waals surface area contributed by atoms with Gasteiger partial charge in [-0.3, -0.25) is 0 Å². The van der Waals surface area contributed by atoms with Crippen LogP contribution in [0.5, 0.6) is 0 Å². The fourth-order valence-electron chi connectivity index (χ4n) is 1.52. The van der Waals surface area contributed by atoms with Crippen molar-refractivity contribution in [2.45, 2.75) is 26.2 Å². The summed E-state index contributed by atoms with van der Waals surface area (Å²) in [5.41, 5.74) is 0.649. The highest BCUT2D eigenvalue weighted by atomic mass is 35.5. The smallest absolute Gasteiger partial charge is 0.176 e. The van der Waals surface area contributed by atoms with E-state index in [-0.39, 0.29) is 5.41 Å². The number of nitrogens with one attached hydrogen (secondary N) is 2. The standard InChI is InChI=1S/C14H16ClN3OS/c1-14(2,3)11-8-12(18-19-11)17-13(20)16-10-7-5-4-6-9(10)15/h4-8H,1-3H3,(H2,16,17,18,20). The lowest BCUT2D eigenvalue weighted by atomic mass is 9.93. The van der Waals surface area contributed by atoms with Gasteiger partial charge in [0.1, 0.15) is 5.76 Å². The van der Waals surface area contributed by atoms with Crippen LogP contribution in [0.3, 0.4) is 0 Å². The van der Waals surface area contributed by atoms with Crippen LogP contribution in [0.4, 0.5) is 11.5 Å². The molecule has 0 bridgehead atoms. The summed E-state index contributed by atoms with van der Waals surface area (Å²) < 4.78 is 5.28. The Kier molecular flexibility index (Phi) is 4.30. The van der Waals surface area contributed by atoms with E-state index in [2.05, 4.69) is 36.6 Å². The summed E-state index contributed by atoms with van der Waals surface area (Å²) in [6.45, 7) is 6.16. The van der Waals surface area contributed by atoms with Crippen molar-refractivity contribution in [3.63, 3.8) is 0 Å². The van der Waals surface area contributed by atoms with Crippen molar-refractivity contribution < 1.29 is 4.52 Å². The van der Waals surface area contributed by atoms with Crippen molar-refractivity contribution in [1.29, 1.82) is 0 Å². The zero-order chi connectivity index (χ0) is 14.8. The molecule has 1 aromatic heterocycles. The fourth-order valence-corrected chi connectivity index (χ4v) is 1.92. The van der Waals surface area contributed by atoms with Gasteiger partial charge < -0.3 is 15.2 Å². The van der Waals surface area contributed by atoms with Gasteiger partial charge in [0.15, 0.2) is 10.9 Å². The molecule has 0 unspecified atom stereocenters. The van der Waals surface area contributed by atoms with Crippen LogP contribution in [0.25, 0.3) is 0 Å². The molecule has 20 heavy (non-hydrogen) atoms. The molecule has 0 radical (unpaired) electrons. The van der Waals surface area contributed by atoms with E-state index in [1.54, 1.807) is 6.07 Å². The van der Waals surface area contributed by atoms with E-state index < -0.39 is 0 Å². The molecule has 0 aliphatic rings. The average Bonchev–Trinajstić information content (AvgIpc) is 2.80. The van der Waals surface area contributed by atoms with Crippen molar-refractivity contribution in [1.82, 2.24) is 5.16 Å². The number of hydrogen-bond donors (Lipinski definition) is 2. The van der Waals surface area contributed by atoms with E-state index in [1.807, 2.05) is 24.3 Å². The highest BCUT2D eigenvalue weighted by Gasteiger charge is 2.19. The lowest BCUT2D eigenvalue weighted by molar-refractivity contribution is 0.331. The highest BCUT2D eigenvalue weighted by molar-refractivity contribution is 7.80. The van der Waals surface area contributed by atoms with Crippen LogP contribution in [0.1, 0.15) is 26.5 Å². The number of nitrogens with zero attached hydrogens (tertiary/aromatic N) is 1. The average molecular weight is 310 g/mol. The summed E-state index contributed by atoms with van der Waals surface area (Å²) in [7, 11) is 0. The van der Waals surface area contributed by atoms with Gasteiger partial charge in [0.05, 0.1) is 10.7 Å². The first kappa shape index (κ1) is 14.8. The predicted molar refractivity (Wildman–Crippen MR) is 86.5 cm³/mol. The summed E-state index contributed by atoms with van der Waals surface area (Å²) >= 11 is 11.3. The van der Waals surface area contributed by atoms with Crippen molar-refractivity contribution in [2.75, 3.05) is 10.6 Å². The van der Waals surface area contributed by atoms with E-state index in [1.165, 1.54) is 0 Å². The van der Waals surface area contributed by atoms with Crippen molar-refractivity contribution >= 4 is 40.4 Å². The largest absolute Gasteiger partial charge is 0.359 e. The Hall–Kier alpha value is -1.59. The van der Waals surface area contributed by atoms with Crippen LogP contribution in [0, 0.1) is 0 Å². The minimum Gasteiger partial charge on any atom is -0.359 e. The van der Waals surface area contributed by atoms with Crippen LogP contribution in [0.2, 0.25) is 5.02 Å². The molecule has 0 aliphatic carbocycles. The Bertz CT molecular complexity index is 619. The number of benzene rings is 1. The molecule has 0 saturated heterocycles. The van der Waals surface area contributed by atoms with Gasteiger partial charge in [-0.2, -0.15) is 0 Å². The SMILES string of the molecule is CC(C)(C)c1cc(NC(=S)Nc2ccccc2Cl)no1. The molecule has 0 saturated carbocycles. The second-order valence-electron chi connectivity index (χ2n) is 5.39. The van der Waals surface area contributed by atoms with Gasteiger partial charge in [-0.1, -0.05) is 49.7 Å². The van der Waals surface area contributed by atoms with Gasteiger partial charge in [-0.15, -0.1) is 0 Å². The van der Waals surface area contributed by atoms with Gasteiger partial charge in [0.25, 0.3) is 0 Å². The number of halogens is 1. The second kappa shape index (κ2) is 5.81. The Balaban J connectivity index is 2.02. The van der Waals surface area contributed by atoms with Crippen molar-refractivity contribution in [3.8, 4) is 0 Å². The Morgan fingerprint density at radius 1 is 1.25 bits per heavy atom. The Labute approximate surface area is 128 Å². The molecule has 0 spiro atoms. The Morgan fingerprint density at radius 3 is 2.55 bits per heavy atom. The normalized spacial score (nSPS) is 11.2. The van der Waals surface area contributed by atoms with Gasteiger partial charge in [0, 0.05) is 11.5 Å². The maximum atomic E-state index is 6.05. The lowest BCUT2D eigenvalue weighted by Gasteiger charge is -2.12. The molecule has 106 valence electrons.